The summed E-state index contributed by atoms with van der Waals surface area (Å²) in [4.78, 5) is 23.2. The van der Waals surface area contributed by atoms with Gasteiger partial charge in [0, 0.05) is 37.9 Å². The Morgan fingerprint density at radius 2 is 2.17 bits per heavy atom. The number of hydrogen-bond donors (Lipinski definition) is 1. The second-order valence-electron chi connectivity index (χ2n) is 4.53. The molecule has 1 aromatic heterocycles. The molecule has 0 spiro atoms. The smallest absolute Gasteiger partial charge is 0.317 e. The summed E-state index contributed by atoms with van der Waals surface area (Å²) >= 11 is 0. The number of aliphatic carboxylic acids is 1. The molecule has 2 rings (SSSR count). The molecular weight excluding hydrogens is 232 g/mol. The van der Waals surface area contributed by atoms with Crippen LogP contribution in [0.2, 0.25) is 0 Å². The number of aromatic nitrogens is 2. The fourth-order valence-electron chi connectivity index (χ4n) is 2.16. The van der Waals surface area contributed by atoms with E-state index in [1.807, 2.05) is 17.9 Å². The molecule has 6 heteroatoms. The van der Waals surface area contributed by atoms with Crippen LogP contribution in [-0.4, -0.2) is 58.7 Å². The van der Waals surface area contributed by atoms with E-state index in [1.165, 1.54) is 0 Å². The highest BCUT2D eigenvalue weighted by Gasteiger charge is 2.17. The number of anilines is 1. The SMILES string of the molecule is Cc1cc(N2CCCN(CC(=O)O)CC2)ncn1. The van der Waals surface area contributed by atoms with Gasteiger partial charge in [0.2, 0.25) is 0 Å². The number of hydrogen-bond acceptors (Lipinski definition) is 5. The highest BCUT2D eigenvalue weighted by Crippen LogP contribution is 2.13. The molecule has 2 heterocycles. The Bertz CT molecular complexity index is 424. The zero-order valence-electron chi connectivity index (χ0n) is 10.5. The Labute approximate surface area is 106 Å². The maximum Gasteiger partial charge on any atom is 0.317 e. The molecule has 0 unspecified atom stereocenters. The first-order valence-electron chi connectivity index (χ1n) is 6.13. The third kappa shape index (κ3) is 3.40. The molecule has 1 aliphatic rings. The van der Waals surface area contributed by atoms with E-state index < -0.39 is 5.97 Å². The van der Waals surface area contributed by atoms with E-state index in [4.69, 9.17) is 5.11 Å². The van der Waals surface area contributed by atoms with Gasteiger partial charge >= 0.3 is 5.97 Å². The fraction of sp³-hybridized carbons (Fsp3) is 0.583. The summed E-state index contributed by atoms with van der Waals surface area (Å²) in [6.07, 6.45) is 2.53. The Morgan fingerprint density at radius 1 is 1.33 bits per heavy atom. The molecule has 6 nitrogen and oxygen atoms in total. The molecule has 0 amide bonds. The Kier molecular flexibility index (Phi) is 4.09. The molecule has 0 aromatic carbocycles. The summed E-state index contributed by atoms with van der Waals surface area (Å²) in [5.41, 5.74) is 0.951. The number of carboxylic acids is 1. The number of carbonyl (C=O) groups is 1. The predicted molar refractivity (Wildman–Crippen MR) is 67.7 cm³/mol. The average Bonchev–Trinajstić information content (AvgIpc) is 2.54. The average molecular weight is 250 g/mol. The molecule has 98 valence electrons. The number of aryl methyl sites for hydroxylation is 1. The van der Waals surface area contributed by atoms with Crippen molar-refractivity contribution in [2.45, 2.75) is 13.3 Å². The second kappa shape index (κ2) is 5.77. The van der Waals surface area contributed by atoms with Crippen LogP contribution in [0.4, 0.5) is 5.82 Å². The van der Waals surface area contributed by atoms with Gasteiger partial charge in [-0.3, -0.25) is 9.69 Å². The molecule has 0 bridgehead atoms. The molecule has 0 aliphatic carbocycles. The zero-order valence-corrected chi connectivity index (χ0v) is 10.5. The van der Waals surface area contributed by atoms with Gasteiger partial charge in [0.05, 0.1) is 6.54 Å². The van der Waals surface area contributed by atoms with Crippen molar-refractivity contribution in [1.82, 2.24) is 14.9 Å². The minimum absolute atomic E-state index is 0.122. The van der Waals surface area contributed by atoms with Gasteiger partial charge < -0.3 is 10.0 Å². The highest BCUT2D eigenvalue weighted by molar-refractivity contribution is 5.69. The van der Waals surface area contributed by atoms with E-state index in [-0.39, 0.29) is 6.54 Å². The Morgan fingerprint density at radius 3 is 2.89 bits per heavy atom. The molecule has 1 aliphatic heterocycles. The molecule has 0 radical (unpaired) electrons. The lowest BCUT2D eigenvalue weighted by molar-refractivity contribution is -0.138. The number of rotatable bonds is 3. The summed E-state index contributed by atoms with van der Waals surface area (Å²) in [6.45, 7) is 5.37. The van der Waals surface area contributed by atoms with Crippen molar-refractivity contribution in [3.05, 3.63) is 18.1 Å². The lowest BCUT2D eigenvalue weighted by atomic mass is 10.3. The summed E-state index contributed by atoms with van der Waals surface area (Å²) in [7, 11) is 0. The van der Waals surface area contributed by atoms with E-state index in [0.717, 1.165) is 44.1 Å². The van der Waals surface area contributed by atoms with Crippen LogP contribution in [0.25, 0.3) is 0 Å². The maximum absolute atomic E-state index is 10.7. The quantitative estimate of drug-likeness (QED) is 0.836. The van der Waals surface area contributed by atoms with E-state index in [2.05, 4.69) is 14.9 Å². The third-order valence-electron chi connectivity index (χ3n) is 3.06. The number of carboxylic acid groups (broad SMARTS) is 1. The molecule has 1 fully saturated rings. The van der Waals surface area contributed by atoms with Crippen molar-refractivity contribution in [3.63, 3.8) is 0 Å². The summed E-state index contributed by atoms with van der Waals surface area (Å²) < 4.78 is 0. The maximum atomic E-state index is 10.7. The lowest BCUT2D eigenvalue weighted by Crippen LogP contribution is -2.34. The van der Waals surface area contributed by atoms with Crippen molar-refractivity contribution in [3.8, 4) is 0 Å². The summed E-state index contributed by atoms with van der Waals surface area (Å²) in [5, 5.41) is 8.80. The Hall–Kier alpha value is -1.69. The monoisotopic (exact) mass is 250 g/mol. The summed E-state index contributed by atoms with van der Waals surface area (Å²) in [6, 6.07) is 1.97. The van der Waals surface area contributed by atoms with Gasteiger partial charge in [-0.2, -0.15) is 0 Å². The molecular formula is C12H18N4O2. The fourth-order valence-corrected chi connectivity index (χ4v) is 2.16. The first kappa shape index (κ1) is 12.8. The molecule has 0 saturated carbocycles. The van der Waals surface area contributed by atoms with E-state index in [0.29, 0.717) is 0 Å². The van der Waals surface area contributed by atoms with Crippen LogP contribution in [0.3, 0.4) is 0 Å². The van der Waals surface area contributed by atoms with Crippen molar-refractivity contribution >= 4 is 11.8 Å². The van der Waals surface area contributed by atoms with Gasteiger partial charge in [-0.25, -0.2) is 9.97 Å². The topological polar surface area (TPSA) is 69.6 Å². The Balaban J connectivity index is 1.98. The molecule has 0 atom stereocenters. The van der Waals surface area contributed by atoms with Gasteiger partial charge in [0.1, 0.15) is 12.1 Å². The van der Waals surface area contributed by atoms with Crippen LogP contribution in [0.15, 0.2) is 12.4 Å². The van der Waals surface area contributed by atoms with Crippen LogP contribution >= 0.6 is 0 Å². The van der Waals surface area contributed by atoms with Crippen molar-refractivity contribution in [2.75, 3.05) is 37.6 Å². The van der Waals surface area contributed by atoms with Gasteiger partial charge in [-0.15, -0.1) is 0 Å². The van der Waals surface area contributed by atoms with Gasteiger partial charge in [0.25, 0.3) is 0 Å². The second-order valence-corrected chi connectivity index (χ2v) is 4.53. The van der Waals surface area contributed by atoms with Gasteiger partial charge in [-0.1, -0.05) is 0 Å². The lowest BCUT2D eigenvalue weighted by Gasteiger charge is -2.22. The minimum Gasteiger partial charge on any atom is -0.480 e. The van der Waals surface area contributed by atoms with Crippen molar-refractivity contribution in [1.29, 1.82) is 0 Å². The van der Waals surface area contributed by atoms with Crippen LogP contribution in [0, 0.1) is 6.92 Å². The van der Waals surface area contributed by atoms with Gasteiger partial charge in [0.15, 0.2) is 0 Å². The zero-order chi connectivity index (χ0) is 13.0. The highest BCUT2D eigenvalue weighted by atomic mass is 16.4. The van der Waals surface area contributed by atoms with Crippen molar-refractivity contribution < 1.29 is 9.90 Å². The third-order valence-corrected chi connectivity index (χ3v) is 3.06. The normalized spacial score (nSPS) is 17.5. The predicted octanol–water partition coefficient (Wildman–Crippen LogP) is 0.382. The van der Waals surface area contributed by atoms with Crippen LogP contribution < -0.4 is 4.90 Å². The molecule has 1 N–H and O–H groups in total. The van der Waals surface area contributed by atoms with Crippen LogP contribution in [0.5, 0.6) is 0 Å². The van der Waals surface area contributed by atoms with Gasteiger partial charge in [-0.05, 0) is 13.3 Å². The first-order chi connectivity index (χ1) is 8.65. The van der Waals surface area contributed by atoms with Crippen LogP contribution in [0.1, 0.15) is 12.1 Å². The van der Waals surface area contributed by atoms with Crippen LogP contribution in [-0.2, 0) is 4.79 Å². The first-order valence-corrected chi connectivity index (χ1v) is 6.13. The van der Waals surface area contributed by atoms with Crippen molar-refractivity contribution in [2.24, 2.45) is 0 Å². The van der Waals surface area contributed by atoms with E-state index in [9.17, 15) is 4.79 Å². The molecule has 1 aromatic rings. The van der Waals surface area contributed by atoms with E-state index in [1.54, 1.807) is 6.33 Å². The number of nitrogens with zero attached hydrogens (tertiary/aromatic N) is 4. The largest absolute Gasteiger partial charge is 0.480 e. The minimum atomic E-state index is -0.763. The molecule has 18 heavy (non-hydrogen) atoms. The summed E-state index contributed by atoms with van der Waals surface area (Å²) in [5.74, 6) is 0.168. The standard InChI is InChI=1S/C12H18N4O2/c1-10-7-11(14-9-13-10)16-4-2-3-15(5-6-16)8-12(17)18/h7,9H,2-6,8H2,1H3,(H,17,18). The molecule has 1 saturated heterocycles. The van der Waals surface area contributed by atoms with E-state index >= 15 is 0 Å².